The Balaban J connectivity index is 1.37. The van der Waals surface area contributed by atoms with Crippen LogP contribution in [0.1, 0.15) is 42.9 Å². The molecule has 162 valence electrons. The maximum Gasteiger partial charge on any atom is 0.433 e. The van der Waals surface area contributed by atoms with Crippen LogP contribution in [0.3, 0.4) is 0 Å². The number of nitrogens with zero attached hydrogens (tertiary/aromatic N) is 3. The Morgan fingerprint density at radius 1 is 1.10 bits per heavy atom. The maximum absolute atomic E-state index is 13.0. The molecule has 0 spiro atoms. The van der Waals surface area contributed by atoms with Crippen LogP contribution in [0.15, 0.2) is 24.3 Å². The van der Waals surface area contributed by atoms with E-state index in [-0.39, 0.29) is 23.6 Å². The van der Waals surface area contributed by atoms with Crippen molar-refractivity contribution in [1.82, 2.24) is 14.9 Å². The van der Waals surface area contributed by atoms with E-state index < -0.39 is 11.9 Å². The molecule has 1 atom stereocenters. The third kappa shape index (κ3) is 4.61. The van der Waals surface area contributed by atoms with Crippen molar-refractivity contribution in [2.45, 2.75) is 45.0 Å². The number of hydrogen-bond acceptors (Lipinski definition) is 6. The third-order valence-corrected chi connectivity index (χ3v) is 5.40. The Hall–Kier alpha value is -2.55. The van der Waals surface area contributed by atoms with E-state index >= 15 is 0 Å². The minimum Gasteiger partial charge on any atom is -0.490 e. The van der Waals surface area contributed by atoms with E-state index in [1.807, 2.05) is 12.1 Å². The van der Waals surface area contributed by atoms with Crippen molar-refractivity contribution in [2.24, 2.45) is 0 Å². The van der Waals surface area contributed by atoms with Crippen molar-refractivity contribution in [3.63, 3.8) is 0 Å². The minimum atomic E-state index is -4.49. The zero-order chi connectivity index (χ0) is 21.3. The summed E-state index contributed by atoms with van der Waals surface area (Å²) in [5, 5.41) is 0. The van der Waals surface area contributed by atoms with Crippen LogP contribution in [0, 0.1) is 6.92 Å². The molecule has 9 heteroatoms. The Labute approximate surface area is 173 Å². The molecule has 4 rings (SSSR count). The summed E-state index contributed by atoms with van der Waals surface area (Å²) in [4.78, 5) is 10.4. The molecular formula is C21H24F3N3O3. The molecule has 0 bridgehead atoms. The first-order valence-electron chi connectivity index (χ1n) is 10.0. The summed E-state index contributed by atoms with van der Waals surface area (Å²) in [6, 6.07) is 6.43. The van der Waals surface area contributed by atoms with Gasteiger partial charge in [0, 0.05) is 37.0 Å². The van der Waals surface area contributed by atoms with Gasteiger partial charge < -0.3 is 14.2 Å². The highest BCUT2D eigenvalue weighted by molar-refractivity contribution is 5.36. The molecule has 4 heterocycles. The number of pyridine rings is 2. The number of piperidine rings is 1. The predicted octanol–water partition coefficient (Wildman–Crippen LogP) is 4.18. The highest BCUT2D eigenvalue weighted by atomic mass is 19.4. The van der Waals surface area contributed by atoms with Gasteiger partial charge in [0.05, 0.1) is 5.69 Å². The van der Waals surface area contributed by atoms with Gasteiger partial charge in [-0.25, -0.2) is 9.97 Å². The second-order valence-corrected chi connectivity index (χ2v) is 7.59. The smallest absolute Gasteiger partial charge is 0.433 e. The van der Waals surface area contributed by atoms with Crippen molar-refractivity contribution >= 4 is 0 Å². The zero-order valence-corrected chi connectivity index (χ0v) is 16.9. The molecule has 0 amide bonds. The first kappa shape index (κ1) is 20.7. The third-order valence-electron chi connectivity index (χ3n) is 5.40. The van der Waals surface area contributed by atoms with E-state index in [2.05, 4.69) is 21.8 Å². The lowest BCUT2D eigenvalue weighted by Gasteiger charge is -2.36. The van der Waals surface area contributed by atoms with Gasteiger partial charge in [-0.15, -0.1) is 0 Å². The quantitative estimate of drug-likeness (QED) is 0.736. The Kier molecular flexibility index (Phi) is 5.73. The fourth-order valence-electron chi connectivity index (χ4n) is 3.79. The minimum absolute atomic E-state index is 0.0850. The van der Waals surface area contributed by atoms with Crippen molar-refractivity contribution in [1.29, 1.82) is 0 Å². The number of aryl methyl sites for hydroxylation is 1. The van der Waals surface area contributed by atoms with E-state index in [0.717, 1.165) is 37.7 Å². The van der Waals surface area contributed by atoms with Gasteiger partial charge in [-0.2, -0.15) is 13.2 Å². The highest BCUT2D eigenvalue weighted by Gasteiger charge is 2.34. The topological polar surface area (TPSA) is 56.7 Å². The first-order chi connectivity index (χ1) is 14.3. The molecule has 0 saturated carbocycles. The summed E-state index contributed by atoms with van der Waals surface area (Å²) in [7, 11) is 0. The average molecular weight is 423 g/mol. The van der Waals surface area contributed by atoms with Crippen LogP contribution in [0.2, 0.25) is 0 Å². The van der Waals surface area contributed by atoms with Crippen LogP contribution in [-0.4, -0.2) is 47.3 Å². The molecule has 1 saturated heterocycles. The van der Waals surface area contributed by atoms with Gasteiger partial charge in [-0.3, -0.25) is 4.90 Å². The van der Waals surface area contributed by atoms with Crippen LogP contribution >= 0.6 is 0 Å². The number of aromatic nitrogens is 2. The van der Waals surface area contributed by atoms with Gasteiger partial charge >= 0.3 is 6.18 Å². The lowest BCUT2D eigenvalue weighted by molar-refractivity contribution is -0.141. The average Bonchev–Trinajstić information content (AvgIpc) is 2.72. The van der Waals surface area contributed by atoms with Crippen LogP contribution in [0.4, 0.5) is 13.2 Å². The molecule has 6 nitrogen and oxygen atoms in total. The number of likely N-dealkylation sites (tertiary alicyclic amines) is 1. The Morgan fingerprint density at radius 2 is 1.83 bits per heavy atom. The van der Waals surface area contributed by atoms with Crippen LogP contribution < -0.4 is 14.2 Å². The molecule has 2 aliphatic heterocycles. The van der Waals surface area contributed by atoms with E-state index in [1.165, 1.54) is 6.92 Å². The normalized spacial score (nSPS) is 18.8. The van der Waals surface area contributed by atoms with Crippen molar-refractivity contribution in [2.75, 3.05) is 26.3 Å². The number of hydrogen-bond donors (Lipinski definition) is 0. The van der Waals surface area contributed by atoms with Gasteiger partial charge in [0.25, 0.3) is 5.88 Å². The predicted molar refractivity (Wildman–Crippen MR) is 103 cm³/mol. The second-order valence-electron chi connectivity index (χ2n) is 7.59. The monoisotopic (exact) mass is 423 g/mol. The van der Waals surface area contributed by atoms with E-state index in [9.17, 15) is 13.2 Å². The number of halogens is 3. The summed E-state index contributed by atoms with van der Waals surface area (Å²) in [5.74, 6) is 1.40. The molecule has 0 aliphatic carbocycles. The Morgan fingerprint density at radius 3 is 2.57 bits per heavy atom. The van der Waals surface area contributed by atoms with Crippen molar-refractivity contribution in [3.8, 4) is 17.4 Å². The standard InChI is InChI=1S/C21H24F3N3O3/c1-13-11-16(12-19(25-13)21(22,23)24)30-15-5-7-27(8-6-15)14(2)17-3-4-18-20(26-17)29-10-9-28-18/h3-4,11-12,14-15H,5-10H2,1-2H3/t14-/m1/s1. The van der Waals surface area contributed by atoms with Gasteiger partial charge in [0.15, 0.2) is 5.75 Å². The fourth-order valence-corrected chi connectivity index (χ4v) is 3.79. The summed E-state index contributed by atoms with van der Waals surface area (Å²) in [6.07, 6.45) is -3.18. The lowest BCUT2D eigenvalue weighted by Crippen LogP contribution is -2.39. The van der Waals surface area contributed by atoms with Crippen LogP contribution in [0.25, 0.3) is 0 Å². The largest absolute Gasteiger partial charge is 0.490 e. The number of ether oxygens (including phenoxy) is 3. The first-order valence-corrected chi connectivity index (χ1v) is 10.0. The summed E-state index contributed by atoms with van der Waals surface area (Å²) < 4.78 is 55.9. The molecule has 0 unspecified atom stereocenters. The van der Waals surface area contributed by atoms with E-state index in [0.29, 0.717) is 24.8 Å². The van der Waals surface area contributed by atoms with Gasteiger partial charge in [-0.1, -0.05) is 0 Å². The van der Waals surface area contributed by atoms with Crippen molar-refractivity contribution < 1.29 is 27.4 Å². The lowest BCUT2D eigenvalue weighted by atomic mass is 10.0. The summed E-state index contributed by atoms with van der Waals surface area (Å²) in [6.45, 7) is 6.16. The van der Waals surface area contributed by atoms with Crippen molar-refractivity contribution in [3.05, 3.63) is 41.3 Å². The molecule has 1 fully saturated rings. The fraction of sp³-hybridized carbons (Fsp3) is 0.524. The number of fused-ring (bicyclic) bond motifs is 1. The number of alkyl halides is 3. The molecule has 2 aromatic rings. The molecule has 2 aliphatic rings. The SMILES string of the molecule is Cc1cc(OC2CCN([C@H](C)c3ccc4c(n3)OCCO4)CC2)cc(C(F)(F)F)n1. The van der Waals surface area contributed by atoms with E-state index in [4.69, 9.17) is 14.2 Å². The molecule has 0 N–H and O–H groups in total. The Bertz CT molecular complexity index is 899. The van der Waals surface area contributed by atoms with Crippen LogP contribution in [0.5, 0.6) is 17.4 Å². The van der Waals surface area contributed by atoms with Gasteiger partial charge in [-0.05, 0) is 38.8 Å². The molecule has 2 aromatic heterocycles. The molecule has 0 aromatic carbocycles. The van der Waals surface area contributed by atoms with Crippen LogP contribution in [-0.2, 0) is 6.18 Å². The highest BCUT2D eigenvalue weighted by Crippen LogP contribution is 2.33. The maximum atomic E-state index is 13.0. The summed E-state index contributed by atoms with van der Waals surface area (Å²) in [5.41, 5.74) is 0.266. The van der Waals surface area contributed by atoms with Gasteiger partial charge in [0.1, 0.15) is 30.8 Å². The molecular weight excluding hydrogens is 399 g/mol. The van der Waals surface area contributed by atoms with Gasteiger partial charge in [0.2, 0.25) is 0 Å². The number of rotatable bonds is 4. The zero-order valence-electron chi connectivity index (χ0n) is 16.9. The molecule has 30 heavy (non-hydrogen) atoms. The molecule has 0 radical (unpaired) electrons. The van der Waals surface area contributed by atoms with E-state index in [1.54, 1.807) is 6.07 Å². The second kappa shape index (κ2) is 8.29. The summed E-state index contributed by atoms with van der Waals surface area (Å²) >= 11 is 0.